The van der Waals surface area contributed by atoms with Crippen LogP contribution in [0.3, 0.4) is 0 Å². The Labute approximate surface area is 196 Å². The van der Waals surface area contributed by atoms with Crippen molar-refractivity contribution in [1.82, 2.24) is 5.43 Å². The first-order valence-electron chi connectivity index (χ1n) is 10.9. The molecule has 2 fully saturated rings. The summed E-state index contributed by atoms with van der Waals surface area (Å²) in [6.07, 6.45) is 2.82. The molecule has 2 aliphatic heterocycles. The Balaban J connectivity index is 0.000000331. The molecule has 0 unspecified atom stereocenters. The number of nitrogens with two attached hydrogens (primary N) is 1. The maximum Gasteiger partial charge on any atom is 0.324 e. The van der Waals surface area contributed by atoms with Gasteiger partial charge < -0.3 is 14.6 Å². The minimum absolute atomic E-state index is 0.0107. The number of hydrogen-bond acceptors (Lipinski definition) is 9. The monoisotopic (exact) mass is 514 g/mol. The van der Waals surface area contributed by atoms with Gasteiger partial charge in [0.05, 0.1) is 11.5 Å². The summed E-state index contributed by atoms with van der Waals surface area (Å²) in [7, 11) is -7.13. The van der Waals surface area contributed by atoms with Crippen LogP contribution in [0.1, 0.15) is 53.4 Å². The molecule has 0 atom stereocenters. The molecule has 2 heterocycles. The van der Waals surface area contributed by atoms with Gasteiger partial charge in [-0.3, -0.25) is 15.0 Å². The average Bonchev–Trinajstić information content (AvgIpc) is 2.74. The largest absolute Gasteiger partial charge is 0.480 e. The fourth-order valence-electron chi connectivity index (χ4n) is 3.31. The summed E-state index contributed by atoms with van der Waals surface area (Å²) in [5, 5.41) is 8.90. The minimum Gasteiger partial charge on any atom is -0.480 e. The van der Waals surface area contributed by atoms with Gasteiger partial charge in [0.2, 0.25) is 0 Å². The van der Waals surface area contributed by atoms with E-state index in [0.29, 0.717) is 39.3 Å². The van der Waals surface area contributed by atoms with Gasteiger partial charge in [0.1, 0.15) is 4.75 Å². The number of ether oxygens (including phenoxy) is 2. The van der Waals surface area contributed by atoms with Crippen molar-refractivity contribution in [3.05, 3.63) is 0 Å². The first-order chi connectivity index (χ1) is 15.1. The average molecular weight is 515 g/mol. The van der Waals surface area contributed by atoms with E-state index in [-0.39, 0.29) is 23.3 Å². The molecule has 2 aliphatic rings. The van der Waals surface area contributed by atoms with Crippen LogP contribution in [0.5, 0.6) is 0 Å². The van der Waals surface area contributed by atoms with Crippen LogP contribution in [-0.4, -0.2) is 81.2 Å². The number of nitrogens with one attached hydrogen (secondary N) is 1. The number of carboxylic acid groups (broad SMARTS) is 1. The second-order valence-corrected chi connectivity index (χ2v) is 14.6. The number of carboxylic acids is 1. The fraction of sp³-hybridized carbons (Fsp3) is 0.900. The summed E-state index contributed by atoms with van der Waals surface area (Å²) in [5.74, 6) is 3.08. The summed E-state index contributed by atoms with van der Waals surface area (Å²) >= 11 is 0. The Morgan fingerprint density at radius 3 is 1.45 bits per heavy atom. The van der Waals surface area contributed by atoms with Crippen LogP contribution < -0.4 is 11.3 Å². The predicted octanol–water partition coefficient (Wildman–Crippen LogP) is 0.287. The highest BCUT2D eigenvalue weighted by atomic mass is 32.2. The molecule has 0 bridgehead atoms. The third-order valence-corrected chi connectivity index (χ3v) is 11.6. The molecule has 2 rings (SSSR count). The number of aliphatic carboxylic acids is 1. The molecule has 0 spiro atoms. The molecule has 11 nitrogen and oxygen atoms in total. The topological polar surface area (TPSA) is 179 Å². The zero-order valence-electron chi connectivity index (χ0n) is 19.8. The van der Waals surface area contributed by atoms with Crippen molar-refractivity contribution < 1.29 is 41.0 Å². The molecule has 13 heteroatoms. The number of hydrazine groups is 1. The smallest absolute Gasteiger partial charge is 0.324 e. The molecule has 2 saturated heterocycles. The van der Waals surface area contributed by atoms with Gasteiger partial charge >= 0.3 is 5.97 Å². The third kappa shape index (κ3) is 7.88. The first-order valence-corrected chi connectivity index (χ1v) is 14.2. The zero-order valence-corrected chi connectivity index (χ0v) is 21.5. The zero-order chi connectivity index (χ0) is 25.5. The maximum absolute atomic E-state index is 12.2. The van der Waals surface area contributed by atoms with Gasteiger partial charge in [0.15, 0.2) is 24.4 Å². The standard InChI is InChI=1S/C10H20N2O4S.C10H18O5S/c1-10(2,9(13)12-11)17(14,15)7-8-3-5-16-6-4-8;1-10(2,9(11)12)16(13,14)7-8-3-5-15-6-4-8/h8H,3-7,11H2,1-2H3,(H,12,13);8H,3-7H2,1-2H3,(H,11,12). The van der Waals surface area contributed by atoms with E-state index in [4.69, 9.17) is 20.4 Å². The van der Waals surface area contributed by atoms with Gasteiger partial charge in [-0.05, 0) is 65.2 Å². The lowest BCUT2D eigenvalue weighted by atomic mass is 10.0. The number of hydrogen-bond donors (Lipinski definition) is 3. The fourth-order valence-corrected chi connectivity index (χ4v) is 6.66. The van der Waals surface area contributed by atoms with Gasteiger partial charge in [-0.25, -0.2) is 22.7 Å². The van der Waals surface area contributed by atoms with E-state index < -0.39 is 41.0 Å². The number of carbonyl (C=O) groups is 2. The van der Waals surface area contributed by atoms with E-state index in [2.05, 4.69) is 0 Å². The van der Waals surface area contributed by atoms with Crippen LogP contribution >= 0.6 is 0 Å². The summed E-state index contributed by atoms with van der Waals surface area (Å²) in [6.45, 7) is 7.54. The van der Waals surface area contributed by atoms with E-state index in [1.165, 1.54) is 27.7 Å². The number of rotatable bonds is 8. The molecular formula is C20H38N2O9S2. The Hall–Kier alpha value is -1.28. The van der Waals surface area contributed by atoms with Crippen molar-refractivity contribution in [3.63, 3.8) is 0 Å². The normalized spacial score (nSPS) is 19.3. The van der Waals surface area contributed by atoms with Gasteiger partial charge in [-0.15, -0.1) is 0 Å². The van der Waals surface area contributed by atoms with Crippen molar-refractivity contribution in [1.29, 1.82) is 0 Å². The Bertz CT molecular complexity index is 871. The maximum atomic E-state index is 12.2. The second-order valence-electron chi connectivity index (χ2n) is 9.47. The van der Waals surface area contributed by atoms with Crippen molar-refractivity contribution in [2.75, 3.05) is 37.9 Å². The lowest BCUT2D eigenvalue weighted by molar-refractivity contribution is -0.139. The molecule has 194 valence electrons. The summed E-state index contributed by atoms with van der Waals surface area (Å²) in [6, 6.07) is 0. The third-order valence-electron chi connectivity index (χ3n) is 6.34. The van der Waals surface area contributed by atoms with E-state index in [1.807, 2.05) is 5.43 Å². The van der Waals surface area contributed by atoms with Crippen LogP contribution in [0, 0.1) is 11.8 Å². The Kier molecular flexibility index (Phi) is 10.7. The lowest BCUT2D eigenvalue weighted by Crippen LogP contribution is -2.52. The molecule has 0 aromatic carbocycles. The van der Waals surface area contributed by atoms with E-state index >= 15 is 0 Å². The molecule has 0 radical (unpaired) electrons. The molecule has 0 aliphatic carbocycles. The van der Waals surface area contributed by atoms with E-state index in [9.17, 15) is 26.4 Å². The quantitative estimate of drug-likeness (QED) is 0.231. The SMILES string of the molecule is CC(C)(C(=O)NN)S(=O)(=O)CC1CCOCC1.CC(C)(C(=O)O)S(=O)(=O)CC1CCOCC1. The van der Waals surface area contributed by atoms with E-state index in [1.54, 1.807) is 0 Å². The molecule has 4 N–H and O–H groups in total. The highest BCUT2D eigenvalue weighted by Crippen LogP contribution is 2.25. The van der Waals surface area contributed by atoms with Gasteiger partial charge in [0, 0.05) is 26.4 Å². The Morgan fingerprint density at radius 1 is 0.818 bits per heavy atom. The van der Waals surface area contributed by atoms with Gasteiger partial charge in [-0.1, -0.05) is 0 Å². The minimum atomic E-state index is -3.61. The summed E-state index contributed by atoms with van der Waals surface area (Å²) < 4.78 is 55.3. The molecule has 1 amide bonds. The summed E-state index contributed by atoms with van der Waals surface area (Å²) in [5.41, 5.74) is 1.91. The number of amides is 1. The second kappa shape index (κ2) is 11.9. The molecule has 33 heavy (non-hydrogen) atoms. The molecule has 0 aromatic rings. The van der Waals surface area contributed by atoms with Gasteiger partial charge in [0.25, 0.3) is 5.91 Å². The van der Waals surface area contributed by atoms with Crippen molar-refractivity contribution in [3.8, 4) is 0 Å². The molecular weight excluding hydrogens is 476 g/mol. The van der Waals surface area contributed by atoms with Gasteiger partial charge in [-0.2, -0.15) is 0 Å². The highest BCUT2D eigenvalue weighted by molar-refractivity contribution is 7.93. The van der Waals surface area contributed by atoms with Crippen molar-refractivity contribution in [2.24, 2.45) is 17.7 Å². The van der Waals surface area contributed by atoms with Crippen molar-refractivity contribution in [2.45, 2.75) is 62.9 Å². The highest BCUT2D eigenvalue weighted by Gasteiger charge is 2.43. The van der Waals surface area contributed by atoms with Crippen LogP contribution in [0.25, 0.3) is 0 Å². The van der Waals surface area contributed by atoms with Crippen molar-refractivity contribution >= 4 is 31.6 Å². The Morgan fingerprint density at radius 2 is 1.15 bits per heavy atom. The number of sulfone groups is 2. The first kappa shape index (κ1) is 29.8. The lowest BCUT2D eigenvalue weighted by Gasteiger charge is -2.27. The van der Waals surface area contributed by atoms with Crippen LogP contribution in [-0.2, 0) is 38.7 Å². The summed E-state index contributed by atoms with van der Waals surface area (Å²) in [4.78, 5) is 22.4. The van der Waals surface area contributed by atoms with E-state index in [0.717, 1.165) is 12.8 Å². The number of carbonyl (C=O) groups excluding carboxylic acids is 1. The molecule has 0 aromatic heterocycles. The van der Waals surface area contributed by atoms with Crippen LogP contribution in [0.2, 0.25) is 0 Å². The van der Waals surface area contributed by atoms with Crippen LogP contribution in [0.4, 0.5) is 0 Å². The molecule has 0 saturated carbocycles. The predicted molar refractivity (Wildman–Crippen MR) is 123 cm³/mol. The van der Waals surface area contributed by atoms with Crippen LogP contribution in [0.15, 0.2) is 0 Å².